The van der Waals surface area contributed by atoms with Gasteiger partial charge < -0.3 is 9.42 Å². The molecule has 6 nitrogen and oxygen atoms in total. The van der Waals surface area contributed by atoms with Crippen molar-refractivity contribution in [2.24, 2.45) is 11.8 Å². The predicted octanol–water partition coefficient (Wildman–Crippen LogP) is 1.91. The maximum absolute atomic E-state index is 4.93. The van der Waals surface area contributed by atoms with Gasteiger partial charge in [-0.3, -0.25) is 4.90 Å². The summed E-state index contributed by atoms with van der Waals surface area (Å²) in [6.45, 7) is 5.51. The van der Waals surface area contributed by atoms with E-state index in [1.165, 1.54) is 24.1 Å². The molecule has 5 rings (SSSR count). The molecule has 0 N–H and O–H groups in total. The van der Waals surface area contributed by atoms with Crippen molar-refractivity contribution in [3.05, 3.63) is 36.1 Å². The Morgan fingerprint density at radius 3 is 2.61 bits per heavy atom. The number of rotatable bonds is 4. The quantitative estimate of drug-likeness (QED) is 0.860. The lowest BCUT2D eigenvalue weighted by atomic mass is 10.0. The summed E-state index contributed by atoms with van der Waals surface area (Å²) in [6, 6.07) is 2.22. The van der Waals surface area contributed by atoms with E-state index in [-0.39, 0.29) is 0 Å². The lowest BCUT2D eigenvalue weighted by molar-refractivity contribution is 0.307. The minimum absolute atomic E-state index is 0.693. The summed E-state index contributed by atoms with van der Waals surface area (Å²) >= 11 is 0. The van der Waals surface area contributed by atoms with Gasteiger partial charge in [-0.05, 0) is 24.7 Å². The first-order chi connectivity index (χ1) is 11.3. The Morgan fingerprint density at radius 1 is 1.09 bits per heavy atom. The van der Waals surface area contributed by atoms with Gasteiger partial charge in [0.25, 0.3) is 0 Å². The molecule has 4 heterocycles. The number of aromatic nitrogens is 3. The van der Waals surface area contributed by atoms with Crippen LogP contribution in [0.1, 0.15) is 30.0 Å². The summed E-state index contributed by atoms with van der Waals surface area (Å²) in [7, 11) is 0. The molecule has 2 atom stereocenters. The van der Waals surface area contributed by atoms with Crippen LogP contribution >= 0.6 is 0 Å². The van der Waals surface area contributed by atoms with Crippen LogP contribution in [0.25, 0.3) is 0 Å². The first-order valence-corrected chi connectivity index (χ1v) is 8.52. The SMILES string of the molecule is c1nc(C2CC2)cc(N2CC3CN(Cc4cnoc4)CC3C2)n1. The highest BCUT2D eigenvalue weighted by molar-refractivity contribution is 5.42. The topological polar surface area (TPSA) is 58.3 Å². The van der Waals surface area contributed by atoms with Crippen LogP contribution in [-0.4, -0.2) is 46.2 Å². The molecule has 3 aliphatic rings. The lowest BCUT2D eigenvalue weighted by Crippen LogP contribution is -2.29. The van der Waals surface area contributed by atoms with Crippen LogP contribution in [0.15, 0.2) is 29.4 Å². The summed E-state index contributed by atoms with van der Waals surface area (Å²) in [4.78, 5) is 13.9. The van der Waals surface area contributed by atoms with E-state index in [0.717, 1.165) is 50.4 Å². The molecule has 0 amide bonds. The molecule has 6 heteroatoms. The van der Waals surface area contributed by atoms with Crippen molar-refractivity contribution in [2.75, 3.05) is 31.1 Å². The van der Waals surface area contributed by atoms with E-state index in [1.54, 1.807) is 12.6 Å². The van der Waals surface area contributed by atoms with Crippen molar-refractivity contribution < 1.29 is 4.52 Å². The van der Waals surface area contributed by atoms with Gasteiger partial charge in [0.05, 0.1) is 6.20 Å². The van der Waals surface area contributed by atoms with Gasteiger partial charge in [0.2, 0.25) is 0 Å². The summed E-state index contributed by atoms with van der Waals surface area (Å²) in [5, 5.41) is 3.79. The molecule has 0 bridgehead atoms. The monoisotopic (exact) mass is 311 g/mol. The minimum atomic E-state index is 0.693. The van der Waals surface area contributed by atoms with E-state index >= 15 is 0 Å². The number of hydrogen-bond donors (Lipinski definition) is 0. The van der Waals surface area contributed by atoms with E-state index in [4.69, 9.17) is 4.52 Å². The third kappa shape index (κ3) is 2.61. The Kier molecular flexibility index (Phi) is 3.11. The fourth-order valence-corrected chi connectivity index (χ4v) is 4.11. The van der Waals surface area contributed by atoms with Crippen molar-refractivity contribution in [2.45, 2.75) is 25.3 Å². The Balaban J connectivity index is 1.24. The first kappa shape index (κ1) is 13.5. The maximum atomic E-state index is 4.93. The van der Waals surface area contributed by atoms with Crippen molar-refractivity contribution in [3.63, 3.8) is 0 Å². The molecule has 23 heavy (non-hydrogen) atoms. The van der Waals surface area contributed by atoms with Crippen molar-refractivity contribution in [1.82, 2.24) is 20.0 Å². The summed E-state index contributed by atoms with van der Waals surface area (Å²) < 4.78 is 4.93. The Morgan fingerprint density at radius 2 is 1.91 bits per heavy atom. The molecule has 2 saturated heterocycles. The van der Waals surface area contributed by atoms with E-state index in [0.29, 0.717) is 5.92 Å². The van der Waals surface area contributed by atoms with Crippen LogP contribution in [0.3, 0.4) is 0 Å². The smallest absolute Gasteiger partial charge is 0.132 e. The van der Waals surface area contributed by atoms with Gasteiger partial charge in [-0.2, -0.15) is 0 Å². The van der Waals surface area contributed by atoms with Crippen LogP contribution in [0.4, 0.5) is 5.82 Å². The molecule has 120 valence electrons. The van der Waals surface area contributed by atoms with Crippen molar-refractivity contribution in [1.29, 1.82) is 0 Å². The zero-order valence-electron chi connectivity index (χ0n) is 13.1. The molecule has 1 saturated carbocycles. The Bertz CT molecular complexity index is 670. The van der Waals surface area contributed by atoms with Gasteiger partial charge in [0, 0.05) is 56.0 Å². The summed E-state index contributed by atoms with van der Waals surface area (Å²) in [5.74, 6) is 3.31. The van der Waals surface area contributed by atoms with E-state index in [1.807, 2.05) is 6.20 Å². The molecule has 2 aromatic heterocycles. The zero-order chi connectivity index (χ0) is 15.2. The molecule has 2 unspecified atom stereocenters. The maximum Gasteiger partial charge on any atom is 0.132 e. The molecular weight excluding hydrogens is 290 g/mol. The highest BCUT2D eigenvalue weighted by Gasteiger charge is 2.40. The average molecular weight is 311 g/mol. The molecule has 2 aromatic rings. The van der Waals surface area contributed by atoms with E-state index in [2.05, 4.69) is 31.0 Å². The molecule has 0 spiro atoms. The minimum Gasteiger partial charge on any atom is -0.364 e. The highest BCUT2D eigenvalue weighted by Crippen LogP contribution is 2.40. The first-order valence-electron chi connectivity index (χ1n) is 8.52. The Hall–Kier alpha value is -1.95. The van der Waals surface area contributed by atoms with Gasteiger partial charge in [-0.1, -0.05) is 5.16 Å². The third-order valence-electron chi connectivity index (χ3n) is 5.44. The predicted molar refractivity (Wildman–Crippen MR) is 85.0 cm³/mol. The molecular formula is C17H21N5O. The van der Waals surface area contributed by atoms with Crippen LogP contribution < -0.4 is 4.90 Å². The van der Waals surface area contributed by atoms with Gasteiger partial charge in [-0.25, -0.2) is 9.97 Å². The largest absolute Gasteiger partial charge is 0.364 e. The van der Waals surface area contributed by atoms with Crippen molar-refractivity contribution >= 4 is 5.82 Å². The van der Waals surface area contributed by atoms with Gasteiger partial charge in [0.15, 0.2) is 0 Å². The lowest BCUT2D eigenvalue weighted by Gasteiger charge is -2.22. The second kappa shape index (κ2) is 5.30. The number of likely N-dealkylation sites (tertiary alicyclic amines) is 1. The van der Waals surface area contributed by atoms with Gasteiger partial charge in [-0.15, -0.1) is 0 Å². The number of nitrogens with zero attached hydrogens (tertiary/aromatic N) is 5. The van der Waals surface area contributed by atoms with Crippen LogP contribution in [0.5, 0.6) is 0 Å². The summed E-state index contributed by atoms with van der Waals surface area (Å²) in [5.41, 5.74) is 2.41. The Labute approximate surface area is 135 Å². The molecule has 0 radical (unpaired) electrons. The van der Waals surface area contributed by atoms with Crippen LogP contribution in [0, 0.1) is 11.8 Å². The van der Waals surface area contributed by atoms with Gasteiger partial charge >= 0.3 is 0 Å². The van der Waals surface area contributed by atoms with E-state index < -0.39 is 0 Å². The summed E-state index contributed by atoms with van der Waals surface area (Å²) in [6.07, 6.45) is 7.90. The standard InChI is InChI=1S/C17H21N5O/c1-2-13(1)16-3-17(19-11-18-16)22-8-14-6-21(7-15(14)9-22)5-12-4-20-23-10-12/h3-4,10-11,13-15H,1-2,5-9H2. The molecule has 0 aromatic carbocycles. The van der Waals surface area contributed by atoms with Gasteiger partial charge in [0.1, 0.15) is 18.4 Å². The highest BCUT2D eigenvalue weighted by atomic mass is 16.5. The van der Waals surface area contributed by atoms with Crippen molar-refractivity contribution in [3.8, 4) is 0 Å². The van der Waals surface area contributed by atoms with E-state index in [9.17, 15) is 0 Å². The molecule has 1 aliphatic carbocycles. The number of fused-ring (bicyclic) bond motifs is 1. The molecule has 2 aliphatic heterocycles. The number of hydrogen-bond acceptors (Lipinski definition) is 6. The van der Waals surface area contributed by atoms with Crippen LogP contribution in [0.2, 0.25) is 0 Å². The number of anilines is 1. The second-order valence-corrected chi connectivity index (χ2v) is 7.23. The zero-order valence-corrected chi connectivity index (χ0v) is 13.1. The molecule has 3 fully saturated rings. The second-order valence-electron chi connectivity index (χ2n) is 7.23. The third-order valence-corrected chi connectivity index (χ3v) is 5.44. The average Bonchev–Trinajstić information content (AvgIpc) is 2.96. The normalized spacial score (nSPS) is 27.6. The van der Waals surface area contributed by atoms with Crippen LogP contribution in [-0.2, 0) is 6.54 Å². The fraction of sp³-hybridized carbons (Fsp3) is 0.588. The fourth-order valence-electron chi connectivity index (χ4n) is 4.11.